The molecule has 2 amide bonds. The highest BCUT2D eigenvalue weighted by Gasteiger charge is 2.40. The Balaban J connectivity index is 2.06. The van der Waals surface area contributed by atoms with E-state index in [1.165, 1.54) is 0 Å². The van der Waals surface area contributed by atoms with Crippen molar-refractivity contribution in [1.82, 2.24) is 5.32 Å². The van der Waals surface area contributed by atoms with Crippen LogP contribution >= 0.6 is 11.6 Å². The predicted molar refractivity (Wildman–Crippen MR) is 55.3 cm³/mol. The maximum Gasteiger partial charge on any atom is 0.312 e. The third-order valence-corrected chi connectivity index (χ3v) is 2.77. The molecule has 0 bridgehead atoms. The third-order valence-electron chi connectivity index (χ3n) is 2.42. The van der Waals surface area contributed by atoms with Crippen LogP contribution in [0.5, 0.6) is 0 Å². The Morgan fingerprint density at radius 1 is 1.50 bits per heavy atom. The molecule has 1 aliphatic carbocycles. The average Bonchev–Trinajstić information content (AvgIpc) is 2.83. The van der Waals surface area contributed by atoms with E-state index in [-0.39, 0.29) is 6.04 Å². The summed E-state index contributed by atoms with van der Waals surface area (Å²) in [5.41, 5.74) is 6.12. The van der Waals surface area contributed by atoms with Gasteiger partial charge in [0, 0.05) is 17.0 Å². The van der Waals surface area contributed by atoms with Gasteiger partial charge in [0.15, 0.2) is 0 Å². The fourth-order valence-electron chi connectivity index (χ4n) is 1.66. The Hall–Kier alpha value is -1.22. The molecule has 14 heavy (non-hydrogen) atoms. The number of urea groups is 1. The highest BCUT2D eigenvalue weighted by Crippen LogP contribution is 2.43. The van der Waals surface area contributed by atoms with E-state index in [1.54, 1.807) is 0 Å². The Kier molecular flexibility index (Phi) is 2.33. The van der Waals surface area contributed by atoms with Crippen LogP contribution in [-0.4, -0.2) is 12.1 Å². The number of amides is 2. The van der Waals surface area contributed by atoms with E-state index >= 15 is 0 Å². The molecule has 1 aromatic rings. The fourth-order valence-corrected chi connectivity index (χ4v) is 1.93. The van der Waals surface area contributed by atoms with Crippen LogP contribution in [0.15, 0.2) is 24.3 Å². The number of nitrogens with one attached hydrogen (secondary N) is 1. The van der Waals surface area contributed by atoms with Gasteiger partial charge in [0.05, 0.1) is 0 Å². The summed E-state index contributed by atoms with van der Waals surface area (Å²) in [4.78, 5) is 10.6. The van der Waals surface area contributed by atoms with Gasteiger partial charge >= 0.3 is 6.03 Å². The van der Waals surface area contributed by atoms with Crippen molar-refractivity contribution in [3.8, 4) is 0 Å². The van der Waals surface area contributed by atoms with Crippen LogP contribution < -0.4 is 11.1 Å². The van der Waals surface area contributed by atoms with Gasteiger partial charge in [-0.1, -0.05) is 29.8 Å². The highest BCUT2D eigenvalue weighted by molar-refractivity contribution is 6.31. The number of benzene rings is 1. The lowest BCUT2D eigenvalue weighted by molar-refractivity contribution is 0.248. The van der Waals surface area contributed by atoms with E-state index in [2.05, 4.69) is 5.32 Å². The van der Waals surface area contributed by atoms with Crippen LogP contribution in [0.1, 0.15) is 17.9 Å². The van der Waals surface area contributed by atoms with Crippen molar-refractivity contribution in [2.45, 2.75) is 18.4 Å². The molecular weight excluding hydrogens is 200 g/mol. The molecule has 0 spiro atoms. The molecule has 0 heterocycles. The largest absolute Gasteiger partial charge is 0.352 e. The average molecular weight is 211 g/mol. The molecule has 2 atom stereocenters. The number of nitrogens with two attached hydrogens (primary N) is 1. The number of carbonyl (C=O) groups is 1. The van der Waals surface area contributed by atoms with E-state index in [9.17, 15) is 4.79 Å². The van der Waals surface area contributed by atoms with Crippen molar-refractivity contribution in [3.63, 3.8) is 0 Å². The summed E-state index contributed by atoms with van der Waals surface area (Å²) in [5.74, 6) is 0.330. The first-order valence-corrected chi connectivity index (χ1v) is 4.86. The zero-order chi connectivity index (χ0) is 10.1. The fraction of sp³-hybridized carbons (Fsp3) is 0.300. The Labute approximate surface area is 87.2 Å². The minimum Gasteiger partial charge on any atom is -0.352 e. The molecule has 1 saturated carbocycles. The number of rotatable bonds is 2. The maximum atomic E-state index is 10.6. The molecule has 3 N–H and O–H groups in total. The minimum absolute atomic E-state index is 0.160. The maximum absolute atomic E-state index is 10.6. The van der Waals surface area contributed by atoms with E-state index < -0.39 is 6.03 Å². The van der Waals surface area contributed by atoms with Crippen LogP contribution in [-0.2, 0) is 0 Å². The number of primary amides is 1. The summed E-state index contributed by atoms with van der Waals surface area (Å²) in [7, 11) is 0. The number of hydrogen-bond donors (Lipinski definition) is 2. The molecule has 1 aliphatic rings. The molecule has 2 unspecified atom stereocenters. The van der Waals surface area contributed by atoms with Gasteiger partial charge in [-0.15, -0.1) is 0 Å². The summed E-state index contributed by atoms with van der Waals surface area (Å²) in [5, 5.41) is 3.43. The van der Waals surface area contributed by atoms with E-state index in [0.29, 0.717) is 5.92 Å². The monoisotopic (exact) mass is 210 g/mol. The minimum atomic E-state index is -0.468. The summed E-state index contributed by atoms with van der Waals surface area (Å²) in [6.45, 7) is 0. The van der Waals surface area contributed by atoms with Crippen molar-refractivity contribution in [3.05, 3.63) is 34.9 Å². The summed E-state index contributed by atoms with van der Waals surface area (Å²) in [6.07, 6.45) is 0.923. The molecule has 0 saturated heterocycles. The van der Waals surface area contributed by atoms with E-state index in [0.717, 1.165) is 17.0 Å². The highest BCUT2D eigenvalue weighted by atomic mass is 35.5. The first-order valence-electron chi connectivity index (χ1n) is 4.49. The standard InChI is InChI=1S/C10H11ClN2O/c11-8-4-2-1-3-6(8)7-5-9(7)13-10(12)14/h1-4,7,9H,5H2,(H3,12,13,14). The van der Waals surface area contributed by atoms with Gasteiger partial charge in [0.25, 0.3) is 0 Å². The lowest BCUT2D eigenvalue weighted by atomic mass is 10.1. The Morgan fingerprint density at radius 3 is 2.86 bits per heavy atom. The molecule has 3 nitrogen and oxygen atoms in total. The SMILES string of the molecule is NC(=O)NC1CC1c1ccccc1Cl. The summed E-state index contributed by atoms with van der Waals surface area (Å²) >= 11 is 6.02. The lowest BCUT2D eigenvalue weighted by Gasteiger charge is -2.03. The Bertz CT molecular complexity index is 367. The molecule has 0 aliphatic heterocycles. The van der Waals surface area contributed by atoms with Crippen LogP contribution in [0.25, 0.3) is 0 Å². The number of carbonyl (C=O) groups excluding carboxylic acids is 1. The second-order valence-corrected chi connectivity index (χ2v) is 3.89. The van der Waals surface area contributed by atoms with Gasteiger partial charge in [-0.2, -0.15) is 0 Å². The number of hydrogen-bond acceptors (Lipinski definition) is 1. The quantitative estimate of drug-likeness (QED) is 0.769. The summed E-state index contributed by atoms with van der Waals surface area (Å²) in [6, 6.07) is 7.37. The van der Waals surface area contributed by atoms with Crippen molar-refractivity contribution in [2.24, 2.45) is 5.73 Å². The van der Waals surface area contributed by atoms with Crippen molar-refractivity contribution < 1.29 is 4.79 Å². The Morgan fingerprint density at radius 2 is 2.21 bits per heavy atom. The van der Waals surface area contributed by atoms with Gasteiger partial charge in [-0.25, -0.2) is 4.79 Å². The zero-order valence-corrected chi connectivity index (χ0v) is 8.29. The van der Waals surface area contributed by atoms with Gasteiger partial charge in [-0.3, -0.25) is 0 Å². The molecule has 1 aromatic carbocycles. The van der Waals surface area contributed by atoms with Gasteiger partial charge in [0.2, 0.25) is 0 Å². The first kappa shape index (κ1) is 9.34. The van der Waals surface area contributed by atoms with Crippen LogP contribution in [0, 0.1) is 0 Å². The van der Waals surface area contributed by atoms with Crippen molar-refractivity contribution in [2.75, 3.05) is 0 Å². The predicted octanol–water partition coefficient (Wildman–Crippen LogP) is 1.86. The smallest absolute Gasteiger partial charge is 0.312 e. The van der Waals surface area contributed by atoms with E-state index in [1.807, 2.05) is 24.3 Å². The second-order valence-electron chi connectivity index (χ2n) is 3.48. The van der Waals surface area contributed by atoms with Gasteiger partial charge in [0.1, 0.15) is 0 Å². The first-order chi connectivity index (χ1) is 6.68. The second kappa shape index (κ2) is 3.50. The normalized spacial score (nSPS) is 24.4. The topological polar surface area (TPSA) is 55.1 Å². The molecule has 4 heteroatoms. The zero-order valence-electron chi connectivity index (χ0n) is 7.53. The summed E-state index contributed by atoms with van der Waals surface area (Å²) < 4.78 is 0. The number of halogens is 1. The molecule has 74 valence electrons. The van der Waals surface area contributed by atoms with Crippen LogP contribution in [0.2, 0.25) is 5.02 Å². The molecule has 2 rings (SSSR count). The third kappa shape index (κ3) is 1.82. The van der Waals surface area contributed by atoms with Gasteiger partial charge < -0.3 is 11.1 Å². The lowest BCUT2D eigenvalue weighted by Crippen LogP contribution is -2.31. The molecule has 0 aromatic heterocycles. The molecule has 0 radical (unpaired) electrons. The van der Waals surface area contributed by atoms with E-state index in [4.69, 9.17) is 17.3 Å². The van der Waals surface area contributed by atoms with Crippen molar-refractivity contribution in [1.29, 1.82) is 0 Å². The van der Waals surface area contributed by atoms with Crippen LogP contribution in [0.3, 0.4) is 0 Å². The molecule has 1 fully saturated rings. The molecular formula is C10H11ClN2O. The van der Waals surface area contributed by atoms with Gasteiger partial charge in [-0.05, 0) is 18.1 Å². The van der Waals surface area contributed by atoms with Crippen molar-refractivity contribution >= 4 is 17.6 Å². The van der Waals surface area contributed by atoms with Crippen LogP contribution in [0.4, 0.5) is 4.79 Å².